The van der Waals surface area contributed by atoms with Crippen molar-refractivity contribution >= 4 is 5.69 Å². The molecule has 3 nitrogen and oxygen atoms in total. The van der Waals surface area contributed by atoms with E-state index in [1.807, 2.05) is 0 Å². The van der Waals surface area contributed by atoms with Gasteiger partial charge in [-0.15, -0.1) is 0 Å². The Hall–Kier alpha value is -1.06. The lowest BCUT2D eigenvalue weighted by Crippen LogP contribution is -2.45. The summed E-state index contributed by atoms with van der Waals surface area (Å²) in [5.41, 5.74) is 7.24. The summed E-state index contributed by atoms with van der Waals surface area (Å²) in [5, 5.41) is 0. The summed E-state index contributed by atoms with van der Waals surface area (Å²) in [4.78, 5) is 4.88. The van der Waals surface area contributed by atoms with Crippen LogP contribution in [0.1, 0.15) is 13.3 Å². The van der Waals surface area contributed by atoms with Crippen LogP contribution in [0, 0.1) is 0 Å². The lowest BCUT2D eigenvalue weighted by molar-refractivity contribution is 0.256. The molecule has 1 aromatic carbocycles. The molecule has 1 aliphatic rings. The first-order valence-corrected chi connectivity index (χ1v) is 6.44. The second kappa shape index (κ2) is 5.52. The third-order valence-corrected chi connectivity index (χ3v) is 3.84. The van der Waals surface area contributed by atoms with Crippen LogP contribution in [0.3, 0.4) is 0 Å². The molecule has 0 aliphatic carbocycles. The van der Waals surface area contributed by atoms with E-state index >= 15 is 0 Å². The summed E-state index contributed by atoms with van der Waals surface area (Å²) in [6.07, 6.45) is 1.20. The normalized spacial score (nSPS) is 26.9. The number of benzene rings is 1. The number of nitrogens with two attached hydrogens (primary N) is 1. The van der Waals surface area contributed by atoms with Gasteiger partial charge >= 0.3 is 0 Å². The summed E-state index contributed by atoms with van der Waals surface area (Å²) in [6.45, 7) is 5.15. The molecule has 94 valence electrons. The molecule has 0 bridgehead atoms. The van der Waals surface area contributed by atoms with Crippen molar-refractivity contribution in [3.63, 3.8) is 0 Å². The zero-order valence-electron chi connectivity index (χ0n) is 10.8. The molecular weight excluding hydrogens is 210 g/mol. The molecule has 2 rings (SSSR count). The summed E-state index contributed by atoms with van der Waals surface area (Å²) >= 11 is 0. The highest BCUT2D eigenvalue weighted by molar-refractivity contribution is 5.47. The van der Waals surface area contributed by atoms with Crippen molar-refractivity contribution in [2.24, 2.45) is 5.73 Å². The monoisotopic (exact) mass is 233 g/mol. The molecule has 2 unspecified atom stereocenters. The van der Waals surface area contributed by atoms with Crippen molar-refractivity contribution in [3.8, 4) is 0 Å². The van der Waals surface area contributed by atoms with E-state index in [0.29, 0.717) is 18.6 Å². The van der Waals surface area contributed by atoms with Gasteiger partial charge in [0.25, 0.3) is 0 Å². The highest BCUT2D eigenvalue weighted by Crippen LogP contribution is 2.21. The van der Waals surface area contributed by atoms with Crippen LogP contribution >= 0.6 is 0 Å². The van der Waals surface area contributed by atoms with Crippen molar-refractivity contribution in [2.45, 2.75) is 25.4 Å². The molecule has 0 saturated carbocycles. The quantitative estimate of drug-likeness (QED) is 0.841. The Kier molecular flexibility index (Phi) is 4.02. The van der Waals surface area contributed by atoms with Gasteiger partial charge in [-0.2, -0.15) is 0 Å². The predicted octanol–water partition coefficient (Wildman–Crippen LogP) is 1.54. The molecule has 1 fully saturated rings. The van der Waals surface area contributed by atoms with Gasteiger partial charge in [0.1, 0.15) is 0 Å². The minimum atomic E-state index is 0.423. The van der Waals surface area contributed by atoms with Gasteiger partial charge in [-0.1, -0.05) is 18.2 Å². The number of anilines is 1. The van der Waals surface area contributed by atoms with Crippen molar-refractivity contribution < 1.29 is 0 Å². The Bertz CT molecular complexity index is 339. The molecule has 0 spiro atoms. The number of rotatable bonds is 2. The molecule has 0 radical (unpaired) electrons. The van der Waals surface area contributed by atoms with E-state index < -0.39 is 0 Å². The predicted molar refractivity (Wildman–Crippen MR) is 73.3 cm³/mol. The van der Waals surface area contributed by atoms with Crippen LogP contribution in [0.5, 0.6) is 0 Å². The topological polar surface area (TPSA) is 32.5 Å². The van der Waals surface area contributed by atoms with Gasteiger partial charge in [-0.25, -0.2) is 0 Å². The molecular formula is C14H23N3. The fourth-order valence-electron chi connectivity index (χ4n) is 2.50. The van der Waals surface area contributed by atoms with Crippen molar-refractivity contribution in [1.29, 1.82) is 0 Å². The van der Waals surface area contributed by atoms with E-state index in [0.717, 1.165) is 13.1 Å². The van der Waals surface area contributed by atoms with Gasteiger partial charge in [-0.3, -0.25) is 0 Å². The molecule has 3 heteroatoms. The van der Waals surface area contributed by atoms with Crippen LogP contribution < -0.4 is 10.6 Å². The fourth-order valence-corrected chi connectivity index (χ4v) is 2.50. The standard InChI is InChI=1S/C14H23N3/c1-12-8-9-17(13-6-4-3-5-7-13)14(10-15)11-16(12)2/h3-7,12,14H,8-11,15H2,1-2H3. The van der Waals surface area contributed by atoms with E-state index in [1.54, 1.807) is 0 Å². The Balaban J connectivity index is 2.20. The number of para-hydroxylation sites is 1. The highest BCUT2D eigenvalue weighted by Gasteiger charge is 2.25. The SMILES string of the molecule is CC1CCN(c2ccccc2)C(CN)CN1C. The Morgan fingerprint density at radius 1 is 1.29 bits per heavy atom. The summed E-state index contributed by atoms with van der Waals surface area (Å²) in [6, 6.07) is 11.7. The van der Waals surface area contributed by atoms with Gasteiger partial charge in [0.15, 0.2) is 0 Å². The first-order valence-electron chi connectivity index (χ1n) is 6.44. The summed E-state index contributed by atoms with van der Waals surface area (Å²) < 4.78 is 0. The minimum absolute atomic E-state index is 0.423. The van der Waals surface area contributed by atoms with Crippen LogP contribution in [0.2, 0.25) is 0 Å². The molecule has 2 atom stereocenters. The second-order valence-corrected chi connectivity index (χ2v) is 5.00. The molecule has 2 N–H and O–H groups in total. The minimum Gasteiger partial charge on any atom is -0.366 e. The summed E-state index contributed by atoms with van der Waals surface area (Å²) in [5.74, 6) is 0. The maximum atomic E-state index is 5.94. The maximum Gasteiger partial charge on any atom is 0.0539 e. The van der Waals surface area contributed by atoms with Gasteiger partial charge in [0.05, 0.1) is 6.04 Å². The molecule has 0 aromatic heterocycles. The average molecular weight is 233 g/mol. The van der Waals surface area contributed by atoms with E-state index in [1.165, 1.54) is 12.1 Å². The highest BCUT2D eigenvalue weighted by atomic mass is 15.3. The van der Waals surface area contributed by atoms with Gasteiger partial charge < -0.3 is 15.5 Å². The number of nitrogens with zero attached hydrogens (tertiary/aromatic N) is 2. The number of hydrogen-bond donors (Lipinski definition) is 1. The smallest absolute Gasteiger partial charge is 0.0539 e. The number of likely N-dealkylation sites (N-methyl/N-ethyl adjacent to an activating group) is 1. The average Bonchev–Trinajstić information content (AvgIpc) is 2.51. The van der Waals surface area contributed by atoms with Crippen LogP contribution in [-0.2, 0) is 0 Å². The first-order chi connectivity index (χ1) is 8.22. The van der Waals surface area contributed by atoms with E-state index in [9.17, 15) is 0 Å². The molecule has 1 saturated heterocycles. The maximum absolute atomic E-state index is 5.94. The van der Waals surface area contributed by atoms with Crippen molar-refractivity contribution in [3.05, 3.63) is 30.3 Å². The Labute approximate surface area is 104 Å². The molecule has 1 heterocycles. The second-order valence-electron chi connectivity index (χ2n) is 5.00. The lowest BCUT2D eigenvalue weighted by Gasteiger charge is -2.32. The van der Waals surface area contributed by atoms with Crippen molar-refractivity contribution in [2.75, 3.05) is 31.6 Å². The van der Waals surface area contributed by atoms with E-state index in [2.05, 4.69) is 54.1 Å². The van der Waals surface area contributed by atoms with Gasteiger partial charge in [0.2, 0.25) is 0 Å². The summed E-state index contributed by atoms with van der Waals surface area (Å²) in [7, 11) is 2.20. The largest absolute Gasteiger partial charge is 0.366 e. The third-order valence-electron chi connectivity index (χ3n) is 3.84. The zero-order chi connectivity index (χ0) is 12.3. The Morgan fingerprint density at radius 2 is 2.00 bits per heavy atom. The van der Waals surface area contributed by atoms with Crippen LogP contribution in [0.4, 0.5) is 5.69 Å². The third kappa shape index (κ3) is 2.79. The van der Waals surface area contributed by atoms with Gasteiger partial charge in [0, 0.05) is 31.4 Å². The van der Waals surface area contributed by atoms with E-state index in [-0.39, 0.29) is 0 Å². The van der Waals surface area contributed by atoms with E-state index in [4.69, 9.17) is 5.73 Å². The Morgan fingerprint density at radius 3 is 2.65 bits per heavy atom. The first kappa shape index (κ1) is 12.4. The molecule has 17 heavy (non-hydrogen) atoms. The zero-order valence-corrected chi connectivity index (χ0v) is 10.8. The molecule has 1 aliphatic heterocycles. The van der Waals surface area contributed by atoms with Crippen LogP contribution in [0.15, 0.2) is 30.3 Å². The van der Waals surface area contributed by atoms with Crippen molar-refractivity contribution in [1.82, 2.24) is 4.90 Å². The lowest BCUT2D eigenvalue weighted by atomic mass is 10.2. The van der Waals surface area contributed by atoms with Crippen LogP contribution in [-0.4, -0.2) is 43.7 Å². The molecule has 1 aromatic rings. The fraction of sp³-hybridized carbons (Fsp3) is 0.571. The van der Waals surface area contributed by atoms with Gasteiger partial charge in [-0.05, 0) is 32.5 Å². The number of hydrogen-bond acceptors (Lipinski definition) is 3. The van der Waals surface area contributed by atoms with Crippen LogP contribution in [0.25, 0.3) is 0 Å². The molecule has 0 amide bonds.